The van der Waals surface area contributed by atoms with Gasteiger partial charge in [-0.05, 0) is 42.8 Å². The first kappa shape index (κ1) is 19.2. The van der Waals surface area contributed by atoms with Crippen LogP contribution in [0.2, 0.25) is 0 Å². The van der Waals surface area contributed by atoms with Gasteiger partial charge in [-0.1, -0.05) is 30.9 Å². The second-order valence-corrected chi connectivity index (χ2v) is 5.89. The van der Waals surface area contributed by atoms with Crippen molar-refractivity contribution >= 4 is 29.2 Å². The van der Waals surface area contributed by atoms with Crippen LogP contribution in [0.1, 0.15) is 28.7 Å². The molecule has 0 unspecified atom stereocenters. The molecule has 1 heterocycles. The number of rotatable bonds is 8. The number of methoxy groups -OCH3 is 1. The van der Waals surface area contributed by atoms with Gasteiger partial charge in [0.15, 0.2) is 11.5 Å². The Kier molecular flexibility index (Phi) is 6.11. The van der Waals surface area contributed by atoms with Crippen LogP contribution in [-0.4, -0.2) is 36.3 Å². The summed E-state index contributed by atoms with van der Waals surface area (Å²) in [5, 5.41) is 0. The minimum atomic E-state index is -0.413. The summed E-state index contributed by atoms with van der Waals surface area (Å²) in [5.41, 5.74) is 2.71. The highest BCUT2D eigenvalue weighted by molar-refractivity contribution is 6.02. The number of H-pyrrole nitrogens is 1. The number of nitrogens with one attached hydrogen (secondary N) is 1. The van der Waals surface area contributed by atoms with Crippen molar-refractivity contribution in [2.45, 2.75) is 6.92 Å². The molecule has 0 atom stereocenters. The van der Waals surface area contributed by atoms with E-state index in [0.717, 1.165) is 11.1 Å². The monoisotopic (exact) mass is 378 g/mol. The normalized spacial score (nSPS) is 10.9. The number of ether oxygens (including phenoxy) is 3. The summed E-state index contributed by atoms with van der Waals surface area (Å²) < 4.78 is 16.1. The molecule has 0 amide bonds. The van der Waals surface area contributed by atoms with Gasteiger partial charge in [0, 0.05) is 0 Å². The van der Waals surface area contributed by atoms with E-state index in [0.29, 0.717) is 41.6 Å². The number of hydrogen-bond donors (Lipinski definition) is 1. The molecule has 0 aliphatic carbocycles. The van der Waals surface area contributed by atoms with E-state index in [1.807, 2.05) is 43.3 Å². The van der Waals surface area contributed by atoms with E-state index in [-0.39, 0.29) is 0 Å². The molecular weight excluding hydrogens is 356 g/mol. The Bertz CT molecular complexity index is 1020. The minimum Gasteiger partial charge on any atom is -0.490 e. The minimum absolute atomic E-state index is 0.413. The molecule has 6 heteroatoms. The number of para-hydroxylation sites is 1. The molecule has 2 aromatic carbocycles. The Balaban J connectivity index is 1.88. The van der Waals surface area contributed by atoms with E-state index in [1.165, 1.54) is 7.11 Å². The molecule has 6 nitrogen and oxygen atoms in total. The average Bonchev–Trinajstić information content (AvgIpc) is 3.14. The van der Waals surface area contributed by atoms with Crippen LogP contribution in [0.3, 0.4) is 0 Å². The summed E-state index contributed by atoms with van der Waals surface area (Å²) in [7, 11) is 1.35. The summed E-state index contributed by atoms with van der Waals surface area (Å²) in [6.07, 6.45) is 5.44. The number of imidazole rings is 1. The van der Waals surface area contributed by atoms with E-state index >= 15 is 0 Å². The van der Waals surface area contributed by atoms with Gasteiger partial charge in [-0.2, -0.15) is 0 Å². The van der Waals surface area contributed by atoms with Crippen molar-refractivity contribution in [3.63, 3.8) is 0 Å². The lowest BCUT2D eigenvalue weighted by Gasteiger charge is -2.11. The van der Waals surface area contributed by atoms with Crippen LogP contribution in [0.25, 0.3) is 23.2 Å². The Morgan fingerprint density at radius 3 is 2.79 bits per heavy atom. The number of aromatic nitrogens is 2. The molecular formula is C22H22N2O4. The summed E-state index contributed by atoms with van der Waals surface area (Å²) in [6, 6.07) is 11.0. The van der Waals surface area contributed by atoms with Gasteiger partial charge < -0.3 is 19.2 Å². The standard InChI is InChI=1S/C22H22N2O4/c1-4-13-28-18-11-9-15(14-19(18)27-5-2)10-12-20-23-17-8-6-7-16(21(17)24-20)22(25)26-3/h4,6-12,14H,1,5,13H2,2-3H3,(H,23,24)/b12-10+. The highest BCUT2D eigenvalue weighted by Crippen LogP contribution is 2.29. The Hall–Kier alpha value is -3.54. The number of fused-ring (bicyclic) bond motifs is 1. The fourth-order valence-corrected chi connectivity index (χ4v) is 2.74. The maximum Gasteiger partial charge on any atom is 0.340 e. The molecule has 0 aliphatic rings. The van der Waals surface area contributed by atoms with Crippen LogP contribution in [0, 0.1) is 0 Å². The SMILES string of the molecule is C=CCOc1ccc(/C=C/c2nc3c(C(=O)OC)cccc3[nH]2)cc1OCC. The average molecular weight is 378 g/mol. The van der Waals surface area contributed by atoms with Gasteiger partial charge in [-0.15, -0.1) is 0 Å². The van der Waals surface area contributed by atoms with Crippen molar-refractivity contribution in [3.8, 4) is 11.5 Å². The number of carbonyl (C=O) groups excluding carboxylic acids is 1. The van der Waals surface area contributed by atoms with E-state index in [4.69, 9.17) is 14.2 Å². The Morgan fingerprint density at radius 2 is 2.04 bits per heavy atom. The highest BCUT2D eigenvalue weighted by atomic mass is 16.5. The maximum atomic E-state index is 11.9. The van der Waals surface area contributed by atoms with Crippen LogP contribution < -0.4 is 9.47 Å². The lowest BCUT2D eigenvalue weighted by atomic mass is 10.2. The molecule has 3 aromatic rings. The summed E-state index contributed by atoms with van der Waals surface area (Å²) in [5.74, 6) is 1.56. The number of esters is 1. The number of nitrogens with zero attached hydrogens (tertiary/aromatic N) is 1. The van der Waals surface area contributed by atoms with Crippen LogP contribution >= 0.6 is 0 Å². The number of aromatic amines is 1. The van der Waals surface area contributed by atoms with Gasteiger partial charge >= 0.3 is 5.97 Å². The van der Waals surface area contributed by atoms with Crippen molar-refractivity contribution in [1.29, 1.82) is 0 Å². The van der Waals surface area contributed by atoms with Crippen molar-refractivity contribution < 1.29 is 19.0 Å². The molecule has 28 heavy (non-hydrogen) atoms. The quantitative estimate of drug-likeness (QED) is 0.462. The first-order valence-corrected chi connectivity index (χ1v) is 8.92. The lowest BCUT2D eigenvalue weighted by molar-refractivity contribution is 0.0603. The number of hydrogen-bond acceptors (Lipinski definition) is 5. The second-order valence-electron chi connectivity index (χ2n) is 5.89. The molecule has 0 radical (unpaired) electrons. The lowest BCUT2D eigenvalue weighted by Crippen LogP contribution is -2.01. The molecule has 3 rings (SSSR count). The zero-order chi connectivity index (χ0) is 19.9. The van der Waals surface area contributed by atoms with E-state index in [9.17, 15) is 4.79 Å². The first-order chi connectivity index (χ1) is 13.7. The molecule has 0 aliphatic heterocycles. The third kappa shape index (κ3) is 4.23. The van der Waals surface area contributed by atoms with Gasteiger partial charge in [0.25, 0.3) is 0 Å². The third-order valence-electron chi connectivity index (χ3n) is 3.99. The number of carbonyl (C=O) groups is 1. The van der Waals surface area contributed by atoms with E-state index in [2.05, 4.69) is 16.5 Å². The molecule has 0 spiro atoms. The number of benzene rings is 2. The predicted octanol–water partition coefficient (Wildman–Crippen LogP) is 4.48. The zero-order valence-electron chi connectivity index (χ0n) is 15.9. The van der Waals surface area contributed by atoms with Crippen molar-refractivity contribution in [1.82, 2.24) is 9.97 Å². The zero-order valence-corrected chi connectivity index (χ0v) is 15.9. The van der Waals surface area contributed by atoms with E-state index in [1.54, 1.807) is 18.2 Å². The molecule has 0 bridgehead atoms. The fraction of sp³-hybridized carbons (Fsp3) is 0.182. The molecule has 1 aromatic heterocycles. The topological polar surface area (TPSA) is 73.4 Å². The molecule has 0 saturated carbocycles. The second kappa shape index (κ2) is 8.90. The molecule has 0 fully saturated rings. The molecule has 0 saturated heterocycles. The van der Waals surface area contributed by atoms with Gasteiger partial charge in [0.05, 0.1) is 24.8 Å². The van der Waals surface area contributed by atoms with Gasteiger partial charge in [0.1, 0.15) is 17.9 Å². The summed E-state index contributed by atoms with van der Waals surface area (Å²) in [6.45, 7) is 6.53. The smallest absolute Gasteiger partial charge is 0.340 e. The molecule has 1 N–H and O–H groups in total. The van der Waals surface area contributed by atoms with Gasteiger partial charge in [-0.3, -0.25) is 0 Å². The third-order valence-corrected chi connectivity index (χ3v) is 3.99. The Morgan fingerprint density at radius 1 is 1.18 bits per heavy atom. The van der Waals surface area contributed by atoms with Crippen LogP contribution in [0.4, 0.5) is 0 Å². The maximum absolute atomic E-state index is 11.9. The van der Waals surface area contributed by atoms with Crippen LogP contribution in [0.5, 0.6) is 11.5 Å². The van der Waals surface area contributed by atoms with Crippen molar-refractivity contribution in [2.24, 2.45) is 0 Å². The van der Waals surface area contributed by atoms with Crippen LogP contribution in [-0.2, 0) is 4.74 Å². The largest absolute Gasteiger partial charge is 0.490 e. The fourth-order valence-electron chi connectivity index (χ4n) is 2.74. The molecule has 144 valence electrons. The first-order valence-electron chi connectivity index (χ1n) is 8.92. The van der Waals surface area contributed by atoms with Crippen molar-refractivity contribution in [2.75, 3.05) is 20.3 Å². The van der Waals surface area contributed by atoms with Crippen LogP contribution in [0.15, 0.2) is 49.1 Å². The van der Waals surface area contributed by atoms with Crippen molar-refractivity contribution in [3.05, 3.63) is 66.0 Å². The van der Waals surface area contributed by atoms with Gasteiger partial charge in [-0.25, -0.2) is 9.78 Å². The van der Waals surface area contributed by atoms with E-state index < -0.39 is 5.97 Å². The summed E-state index contributed by atoms with van der Waals surface area (Å²) in [4.78, 5) is 19.6. The predicted molar refractivity (Wildman–Crippen MR) is 110 cm³/mol. The summed E-state index contributed by atoms with van der Waals surface area (Å²) >= 11 is 0. The Labute approximate surface area is 163 Å². The van der Waals surface area contributed by atoms with Gasteiger partial charge in [0.2, 0.25) is 0 Å². The highest BCUT2D eigenvalue weighted by Gasteiger charge is 2.13.